The Kier molecular flexibility index (Phi) is 6.56. The van der Waals surface area contributed by atoms with Crippen molar-refractivity contribution in [2.24, 2.45) is 0 Å². The molecule has 162 valence electrons. The molecule has 0 atom stereocenters. The summed E-state index contributed by atoms with van der Waals surface area (Å²) >= 11 is 1.49. The number of nitrogens with one attached hydrogen (secondary N) is 1. The maximum atomic E-state index is 12.8. The molecule has 1 heterocycles. The lowest BCUT2D eigenvalue weighted by Gasteiger charge is -2.12. The SMILES string of the molecule is CC(C)OC(=O)c1c(NC(=O)COc2ccc3ccccc3c2)sc2c1CCCCC2. The van der Waals surface area contributed by atoms with Crippen LogP contribution in [0.5, 0.6) is 5.75 Å². The van der Waals surface area contributed by atoms with Gasteiger partial charge in [0, 0.05) is 4.88 Å². The Morgan fingerprint density at radius 2 is 1.81 bits per heavy atom. The normalized spacial score (nSPS) is 13.5. The Balaban J connectivity index is 1.49. The molecule has 31 heavy (non-hydrogen) atoms. The molecule has 1 aromatic heterocycles. The van der Waals surface area contributed by atoms with Crippen molar-refractivity contribution in [3.8, 4) is 5.75 Å². The Labute approximate surface area is 186 Å². The molecule has 1 N–H and O–H groups in total. The van der Waals surface area contributed by atoms with Gasteiger partial charge in [-0.1, -0.05) is 36.8 Å². The Bertz CT molecular complexity index is 1100. The predicted molar refractivity (Wildman–Crippen MR) is 124 cm³/mol. The maximum absolute atomic E-state index is 12.8. The lowest BCUT2D eigenvalue weighted by Crippen LogP contribution is -2.22. The molecule has 0 saturated carbocycles. The zero-order chi connectivity index (χ0) is 21.8. The summed E-state index contributed by atoms with van der Waals surface area (Å²) in [7, 11) is 0. The molecule has 0 spiro atoms. The van der Waals surface area contributed by atoms with Crippen LogP contribution in [0.2, 0.25) is 0 Å². The molecule has 1 aliphatic carbocycles. The fourth-order valence-electron chi connectivity index (χ4n) is 3.89. The van der Waals surface area contributed by atoms with Gasteiger partial charge >= 0.3 is 5.97 Å². The molecule has 1 aliphatic rings. The van der Waals surface area contributed by atoms with E-state index in [2.05, 4.69) is 5.32 Å². The molecular formula is C25H27NO4S. The number of thiophene rings is 1. The lowest BCUT2D eigenvalue weighted by atomic mass is 10.1. The maximum Gasteiger partial charge on any atom is 0.341 e. The summed E-state index contributed by atoms with van der Waals surface area (Å²) in [5, 5.41) is 5.65. The van der Waals surface area contributed by atoms with E-state index in [-0.39, 0.29) is 24.6 Å². The second-order valence-electron chi connectivity index (χ2n) is 8.07. The van der Waals surface area contributed by atoms with E-state index in [1.165, 1.54) is 16.2 Å². The molecule has 4 rings (SSSR count). The highest BCUT2D eigenvalue weighted by Crippen LogP contribution is 2.38. The first kappa shape index (κ1) is 21.4. The predicted octanol–water partition coefficient (Wildman–Crippen LogP) is 5.75. The molecule has 2 aromatic carbocycles. The van der Waals surface area contributed by atoms with Crippen LogP contribution >= 0.6 is 11.3 Å². The molecule has 3 aromatic rings. The van der Waals surface area contributed by atoms with Gasteiger partial charge in [0.15, 0.2) is 6.61 Å². The smallest absolute Gasteiger partial charge is 0.341 e. The minimum absolute atomic E-state index is 0.125. The summed E-state index contributed by atoms with van der Waals surface area (Å²) in [5.41, 5.74) is 1.56. The van der Waals surface area contributed by atoms with Crippen molar-refractivity contribution in [1.29, 1.82) is 0 Å². The van der Waals surface area contributed by atoms with Crippen molar-refractivity contribution in [2.75, 3.05) is 11.9 Å². The molecule has 1 amide bonds. The lowest BCUT2D eigenvalue weighted by molar-refractivity contribution is -0.118. The van der Waals surface area contributed by atoms with Crippen LogP contribution in [0.4, 0.5) is 5.00 Å². The number of ether oxygens (including phenoxy) is 2. The van der Waals surface area contributed by atoms with Gasteiger partial charge < -0.3 is 14.8 Å². The van der Waals surface area contributed by atoms with E-state index in [0.717, 1.165) is 48.4 Å². The van der Waals surface area contributed by atoms with Gasteiger partial charge in [0.2, 0.25) is 0 Å². The van der Waals surface area contributed by atoms with Gasteiger partial charge in [0.05, 0.1) is 11.7 Å². The fourth-order valence-corrected chi connectivity index (χ4v) is 5.18. The molecule has 0 saturated heterocycles. The summed E-state index contributed by atoms with van der Waals surface area (Å²) in [5.74, 6) is -0.0152. The van der Waals surface area contributed by atoms with E-state index in [0.29, 0.717) is 16.3 Å². The third-order valence-electron chi connectivity index (χ3n) is 5.31. The first-order chi connectivity index (χ1) is 15.0. The second-order valence-corrected chi connectivity index (χ2v) is 9.17. The topological polar surface area (TPSA) is 64.6 Å². The minimum atomic E-state index is -0.361. The highest BCUT2D eigenvalue weighted by molar-refractivity contribution is 7.17. The van der Waals surface area contributed by atoms with Gasteiger partial charge in [-0.3, -0.25) is 4.79 Å². The van der Waals surface area contributed by atoms with Crippen molar-refractivity contribution in [3.05, 3.63) is 58.5 Å². The van der Waals surface area contributed by atoms with Gasteiger partial charge in [0.1, 0.15) is 10.8 Å². The van der Waals surface area contributed by atoms with E-state index in [1.807, 2.05) is 56.3 Å². The molecule has 0 radical (unpaired) electrons. The summed E-state index contributed by atoms with van der Waals surface area (Å²) in [6.45, 7) is 3.54. The number of anilines is 1. The van der Waals surface area contributed by atoms with Gasteiger partial charge in [-0.25, -0.2) is 4.79 Å². The molecule has 0 unspecified atom stereocenters. The van der Waals surface area contributed by atoms with Gasteiger partial charge in [-0.2, -0.15) is 0 Å². The zero-order valence-corrected chi connectivity index (χ0v) is 18.7. The number of hydrogen-bond acceptors (Lipinski definition) is 5. The van der Waals surface area contributed by atoms with Crippen molar-refractivity contribution in [1.82, 2.24) is 0 Å². The third-order valence-corrected chi connectivity index (χ3v) is 6.52. The fraction of sp³-hybridized carbons (Fsp3) is 0.360. The molecule has 0 aliphatic heterocycles. The highest BCUT2D eigenvalue weighted by atomic mass is 32.1. The van der Waals surface area contributed by atoms with Crippen LogP contribution in [0.25, 0.3) is 10.8 Å². The number of carbonyl (C=O) groups excluding carboxylic acids is 2. The van der Waals surface area contributed by atoms with Crippen molar-refractivity contribution in [3.63, 3.8) is 0 Å². The van der Waals surface area contributed by atoms with E-state index in [1.54, 1.807) is 0 Å². The van der Waals surface area contributed by atoms with Crippen LogP contribution < -0.4 is 10.1 Å². The second kappa shape index (κ2) is 9.52. The van der Waals surface area contributed by atoms with E-state index in [9.17, 15) is 9.59 Å². The Morgan fingerprint density at radius 3 is 2.61 bits per heavy atom. The van der Waals surface area contributed by atoms with Crippen LogP contribution in [0.1, 0.15) is 53.9 Å². The van der Waals surface area contributed by atoms with Crippen molar-refractivity contribution in [2.45, 2.75) is 52.1 Å². The van der Waals surface area contributed by atoms with E-state index >= 15 is 0 Å². The number of aryl methyl sites for hydroxylation is 1. The summed E-state index contributed by atoms with van der Waals surface area (Å²) in [6, 6.07) is 13.7. The average molecular weight is 438 g/mol. The molecule has 5 nitrogen and oxygen atoms in total. The molecule has 6 heteroatoms. The number of hydrogen-bond donors (Lipinski definition) is 1. The quantitative estimate of drug-likeness (QED) is 0.394. The minimum Gasteiger partial charge on any atom is -0.484 e. The van der Waals surface area contributed by atoms with Crippen molar-refractivity contribution < 1.29 is 19.1 Å². The van der Waals surface area contributed by atoms with Crippen molar-refractivity contribution >= 4 is 39.0 Å². The monoisotopic (exact) mass is 437 g/mol. The van der Waals surface area contributed by atoms with Crippen LogP contribution in [0.3, 0.4) is 0 Å². The van der Waals surface area contributed by atoms with Crippen LogP contribution in [-0.4, -0.2) is 24.6 Å². The van der Waals surface area contributed by atoms with Gasteiger partial charge in [0.25, 0.3) is 5.91 Å². The number of amides is 1. The summed E-state index contributed by atoms with van der Waals surface area (Å²) < 4.78 is 11.2. The Hall–Kier alpha value is -2.86. The molecule has 0 fully saturated rings. The number of carbonyl (C=O) groups is 2. The largest absolute Gasteiger partial charge is 0.484 e. The van der Waals surface area contributed by atoms with Crippen LogP contribution in [0, 0.1) is 0 Å². The average Bonchev–Trinajstić information content (AvgIpc) is 2.92. The third kappa shape index (κ3) is 5.07. The number of benzene rings is 2. The van der Waals surface area contributed by atoms with Crippen LogP contribution in [-0.2, 0) is 22.4 Å². The first-order valence-electron chi connectivity index (χ1n) is 10.8. The zero-order valence-electron chi connectivity index (χ0n) is 17.9. The first-order valence-corrected chi connectivity index (χ1v) is 11.6. The number of esters is 1. The number of fused-ring (bicyclic) bond motifs is 2. The Morgan fingerprint density at radius 1 is 1.03 bits per heavy atom. The van der Waals surface area contributed by atoms with Gasteiger partial charge in [-0.15, -0.1) is 11.3 Å². The number of rotatable bonds is 6. The van der Waals surface area contributed by atoms with Gasteiger partial charge in [-0.05, 0) is 68.0 Å². The van der Waals surface area contributed by atoms with E-state index in [4.69, 9.17) is 9.47 Å². The van der Waals surface area contributed by atoms with E-state index < -0.39 is 0 Å². The highest BCUT2D eigenvalue weighted by Gasteiger charge is 2.27. The standard InChI is InChI=1S/C25H27NO4S/c1-16(2)30-25(28)23-20-10-4-3-5-11-21(20)31-24(23)26-22(27)15-29-19-13-12-17-8-6-7-9-18(17)14-19/h6-9,12-14,16H,3-5,10-11,15H2,1-2H3,(H,26,27). The molecular weight excluding hydrogens is 410 g/mol. The summed E-state index contributed by atoms with van der Waals surface area (Å²) in [6.07, 6.45) is 4.87. The van der Waals surface area contributed by atoms with Crippen LogP contribution in [0.15, 0.2) is 42.5 Å². The summed E-state index contributed by atoms with van der Waals surface area (Å²) in [4.78, 5) is 26.6. The molecule has 0 bridgehead atoms.